The van der Waals surface area contributed by atoms with Crippen LogP contribution >= 0.6 is 0 Å². The number of Topliss-reactive ketones (excluding diaryl/α,β-unsaturated/α-hetero) is 3. The Bertz CT molecular complexity index is 2020. The van der Waals surface area contributed by atoms with Gasteiger partial charge < -0.3 is 15.3 Å². The van der Waals surface area contributed by atoms with Crippen LogP contribution in [0.25, 0.3) is 0 Å². The molecule has 6 fully saturated rings. The van der Waals surface area contributed by atoms with E-state index in [0.717, 1.165) is 0 Å². The molecule has 6 atom stereocenters. The third kappa shape index (κ3) is 7.84. The van der Waals surface area contributed by atoms with Gasteiger partial charge >= 0.3 is 95.4 Å². The van der Waals surface area contributed by atoms with E-state index in [9.17, 15) is 122 Å². The summed E-state index contributed by atoms with van der Waals surface area (Å²) in [5, 5.41) is 35.4. The Labute approximate surface area is 417 Å². The maximum Gasteiger partial charge on any atom is 3.00 e. The van der Waals surface area contributed by atoms with Crippen molar-refractivity contribution in [2.45, 2.75) is 155 Å². The fourth-order valence-electron chi connectivity index (χ4n) is 10.9. The van der Waals surface area contributed by atoms with E-state index in [4.69, 9.17) is 0 Å². The maximum atomic E-state index is 13.6. The molecule has 70 heavy (non-hydrogen) atoms. The molecule has 6 unspecified atom stereocenters. The predicted molar refractivity (Wildman–Crippen MR) is 188 cm³/mol. The van der Waals surface area contributed by atoms with Crippen molar-refractivity contribution in [3.05, 3.63) is 34.0 Å². The first kappa shape index (κ1) is 61.8. The van der Waals surface area contributed by atoms with E-state index in [2.05, 4.69) is 0 Å². The van der Waals surface area contributed by atoms with E-state index in [1.807, 2.05) is 0 Å². The van der Waals surface area contributed by atoms with E-state index in [-0.39, 0.29) is 79.8 Å². The Balaban J connectivity index is 0.000000276. The van der Waals surface area contributed by atoms with Crippen molar-refractivity contribution >= 4 is 17.3 Å². The van der Waals surface area contributed by atoms with E-state index in [1.165, 1.54) is 62.3 Å². The first-order valence-corrected chi connectivity index (χ1v) is 20.5. The minimum Gasteiger partial charge on any atom is -0.871 e. The van der Waals surface area contributed by atoms with Crippen LogP contribution in [0.2, 0.25) is 0 Å². The van der Waals surface area contributed by atoms with Crippen molar-refractivity contribution in [2.24, 2.45) is 50.2 Å². The molecule has 6 nitrogen and oxygen atoms in total. The first-order chi connectivity index (χ1) is 30.1. The molecule has 0 spiro atoms. The van der Waals surface area contributed by atoms with Crippen molar-refractivity contribution in [1.29, 1.82) is 0 Å². The standard InChI is InChI=1S/3C14H15F7O2.Pr/c3*1-10(2)6-4-5-11(10,3)8(22)7(6)9(23)12(15,16)13(17,18)14(19,20)21;/h3*6,23H,4-5H2,1-3H3;/q;;;+3/p-3. The second kappa shape index (κ2) is 17.0. The molecule has 0 aromatic carbocycles. The smallest absolute Gasteiger partial charge is 0.871 e. The molecular weight excluding hydrogens is 1140 g/mol. The van der Waals surface area contributed by atoms with Crippen LogP contribution in [-0.2, 0) is 14.4 Å². The molecule has 6 bridgehead atoms. The molecule has 6 saturated carbocycles. The number of carbonyl (C=O) groups is 3. The van der Waals surface area contributed by atoms with E-state index in [1.54, 1.807) is 0 Å². The normalized spacial score (nSPS) is 32.8. The van der Waals surface area contributed by atoms with Gasteiger partial charge in [0, 0.05) is 16.2 Å². The quantitative estimate of drug-likeness (QED) is 0.148. The SMILES string of the molecule is CC12CCC(C(=C([O-])C(F)(F)C(F)(F)C(F)(F)F)C1=O)C2(C)C.CC12CCC(C(=C([O-])C(F)(F)C(F)(F)C(F)(F)F)C1=O)C2(C)C.CC12CCC(C(=C([O-])C(F)(F)C(F)(F)C(F)(F)F)C1=O)C2(C)C.[Pr+3]. The fraction of sp³-hybridized carbons (Fsp3) is 0.786. The number of alkyl halides is 21. The van der Waals surface area contributed by atoms with Crippen molar-refractivity contribution in [3.63, 3.8) is 0 Å². The van der Waals surface area contributed by atoms with Crippen molar-refractivity contribution in [3.8, 4) is 0 Å². The summed E-state index contributed by atoms with van der Waals surface area (Å²) in [4.78, 5) is 36.8. The molecule has 6 rings (SSSR count). The van der Waals surface area contributed by atoms with Gasteiger partial charge in [0.2, 0.25) is 0 Å². The van der Waals surface area contributed by atoms with Gasteiger partial charge in [-0.05, 0) is 107 Å². The van der Waals surface area contributed by atoms with Gasteiger partial charge in [-0.3, -0.25) is 14.4 Å². The van der Waals surface area contributed by atoms with Crippen LogP contribution in [0.15, 0.2) is 34.0 Å². The summed E-state index contributed by atoms with van der Waals surface area (Å²) < 4.78 is 270. The van der Waals surface area contributed by atoms with Crippen LogP contribution in [0.3, 0.4) is 0 Å². The van der Waals surface area contributed by atoms with Crippen molar-refractivity contribution < 1.29 is 163 Å². The summed E-state index contributed by atoms with van der Waals surface area (Å²) in [7, 11) is 0. The van der Waals surface area contributed by atoms with E-state index in [0.29, 0.717) is 0 Å². The second-order valence-corrected chi connectivity index (χ2v) is 20.6. The van der Waals surface area contributed by atoms with Crippen LogP contribution in [0.4, 0.5) is 92.2 Å². The zero-order valence-corrected chi connectivity index (χ0v) is 41.6. The van der Waals surface area contributed by atoms with Gasteiger partial charge in [-0.25, -0.2) is 0 Å². The minimum absolute atomic E-state index is 0. The summed E-state index contributed by atoms with van der Waals surface area (Å²) in [6.45, 7) is 13.3. The number of halogens is 21. The summed E-state index contributed by atoms with van der Waals surface area (Å²) >= 11 is 0. The van der Waals surface area contributed by atoms with Crippen LogP contribution in [-0.4, -0.2) is 71.4 Å². The zero-order chi connectivity index (χ0) is 54.7. The summed E-state index contributed by atoms with van der Waals surface area (Å²) in [6.07, 6.45) is -18.7. The van der Waals surface area contributed by atoms with Gasteiger partial charge in [0.1, 0.15) is 0 Å². The summed E-state index contributed by atoms with van der Waals surface area (Å²) in [6, 6.07) is 0. The Morgan fingerprint density at radius 2 is 0.529 bits per heavy atom. The molecular formula is C42H42F21O6Pr. The molecule has 0 aromatic heterocycles. The van der Waals surface area contributed by atoms with Crippen LogP contribution in [0.5, 0.6) is 0 Å². The minimum atomic E-state index is -6.60. The number of hydrogen-bond acceptors (Lipinski definition) is 6. The van der Waals surface area contributed by atoms with Crippen LogP contribution < -0.4 is 15.3 Å². The molecule has 0 N–H and O–H groups in total. The van der Waals surface area contributed by atoms with Gasteiger partial charge in [0.25, 0.3) is 0 Å². The van der Waals surface area contributed by atoms with Gasteiger partial charge in [-0.1, -0.05) is 62.3 Å². The number of allylic oxidation sites excluding steroid dienone is 6. The molecule has 0 radical (unpaired) electrons. The van der Waals surface area contributed by atoms with E-state index < -0.39 is 156 Å². The Hall–Kier alpha value is -2.48. The maximum absolute atomic E-state index is 13.6. The van der Waals surface area contributed by atoms with Crippen molar-refractivity contribution in [1.82, 2.24) is 0 Å². The summed E-state index contributed by atoms with van der Waals surface area (Å²) in [5.41, 5.74) is -9.87. The summed E-state index contributed by atoms with van der Waals surface area (Å²) in [5.74, 6) is -52.2. The number of ketones is 3. The number of hydrogen-bond donors (Lipinski definition) is 0. The van der Waals surface area contributed by atoms with Crippen LogP contribution in [0, 0.1) is 91.5 Å². The Morgan fingerprint density at radius 1 is 0.371 bits per heavy atom. The Kier molecular flexibility index (Phi) is 15.0. The molecule has 6 aliphatic rings. The van der Waals surface area contributed by atoms with Gasteiger partial charge in [0.15, 0.2) is 17.3 Å². The van der Waals surface area contributed by atoms with Crippen LogP contribution in [0.1, 0.15) is 101 Å². The molecule has 0 amide bonds. The second-order valence-electron chi connectivity index (χ2n) is 20.6. The molecule has 0 aliphatic heterocycles. The first-order valence-electron chi connectivity index (χ1n) is 20.5. The molecule has 396 valence electrons. The molecule has 0 heterocycles. The largest absolute Gasteiger partial charge is 3.00 e. The molecule has 0 aromatic rings. The molecule has 6 aliphatic carbocycles. The van der Waals surface area contributed by atoms with Gasteiger partial charge in [0.05, 0.1) is 0 Å². The third-order valence-electron chi connectivity index (χ3n) is 16.8. The monoisotopic (exact) mass is 1180 g/mol. The third-order valence-corrected chi connectivity index (χ3v) is 16.8. The van der Waals surface area contributed by atoms with Gasteiger partial charge in [-0.2, -0.15) is 92.2 Å². The zero-order valence-electron chi connectivity index (χ0n) is 37.9. The average Bonchev–Trinajstić information content (AvgIpc) is 3.79. The van der Waals surface area contributed by atoms with Crippen molar-refractivity contribution in [2.75, 3.05) is 0 Å². The number of fused-ring (bicyclic) bond motifs is 6. The predicted octanol–water partition coefficient (Wildman–Crippen LogP) is 10.4. The molecule has 0 saturated heterocycles. The number of rotatable bonds is 6. The molecule has 28 heteroatoms. The van der Waals surface area contributed by atoms with Gasteiger partial charge in [-0.15, -0.1) is 0 Å². The topological polar surface area (TPSA) is 120 Å². The fourth-order valence-corrected chi connectivity index (χ4v) is 10.9. The average molecular weight is 1180 g/mol. The Morgan fingerprint density at radius 3 is 0.643 bits per heavy atom. The number of carbonyl (C=O) groups excluding carboxylic acids is 3. The van der Waals surface area contributed by atoms with E-state index >= 15 is 0 Å².